The zero-order chi connectivity index (χ0) is 8.10. The molecule has 0 aromatic carbocycles. The second-order valence-corrected chi connectivity index (χ2v) is 2.81. The normalized spacial score (nSPS) is 9.91. The van der Waals surface area contributed by atoms with E-state index in [0.717, 1.165) is 0 Å². The number of hydrogen-bond donors (Lipinski definition) is 0. The van der Waals surface area contributed by atoms with Crippen molar-refractivity contribution in [2.24, 2.45) is 0 Å². The topological polar surface area (TPSA) is 39.2 Å². The summed E-state index contributed by atoms with van der Waals surface area (Å²) < 4.78 is 4.95. The van der Waals surface area contributed by atoms with Crippen LogP contribution in [0, 0.1) is 0 Å². The fourth-order valence-corrected chi connectivity index (χ4v) is 1.17. The number of aromatic nitrogens is 1. The van der Waals surface area contributed by atoms with Gasteiger partial charge in [0.05, 0.1) is 10.4 Å². The van der Waals surface area contributed by atoms with Crippen LogP contribution in [0.2, 0.25) is 0 Å². The first-order valence-electron chi connectivity index (χ1n) is 3.34. The van der Waals surface area contributed by atoms with Crippen molar-refractivity contribution in [3.63, 3.8) is 0 Å². The minimum Gasteiger partial charge on any atom is -0.374 e. The lowest BCUT2D eigenvalue weighted by Crippen LogP contribution is -2.06. The van der Waals surface area contributed by atoms with E-state index in [4.69, 9.17) is 4.74 Å². The minimum atomic E-state index is 0.00866. The minimum absolute atomic E-state index is 0.00866. The van der Waals surface area contributed by atoms with Gasteiger partial charge in [-0.3, -0.25) is 9.78 Å². The van der Waals surface area contributed by atoms with E-state index in [0.29, 0.717) is 11.5 Å². The van der Waals surface area contributed by atoms with E-state index in [1.54, 1.807) is 11.7 Å². The Balaban J connectivity index is 2.43. The van der Waals surface area contributed by atoms with Crippen LogP contribution in [0.4, 0.5) is 0 Å². The summed E-state index contributed by atoms with van der Waals surface area (Å²) in [6.45, 7) is 2.60. The van der Waals surface area contributed by atoms with Gasteiger partial charge >= 0.3 is 0 Å². The van der Waals surface area contributed by atoms with Crippen LogP contribution >= 0.6 is 11.3 Å². The number of nitrogens with zero attached hydrogens (tertiary/aromatic N) is 1. The number of Topliss-reactive ketones (excluding diaryl/α,β-unsaturated/α-hetero) is 1. The van der Waals surface area contributed by atoms with Gasteiger partial charge in [0.15, 0.2) is 5.78 Å². The van der Waals surface area contributed by atoms with Crippen molar-refractivity contribution in [2.45, 2.75) is 6.92 Å². The monoisotopic (exact) mass is 171 g/mol. The van der Waals surface area contributed by atoms with Gasteiger partial charge in [-0.1, -0.05) is 0 Å². The van der Waals surface area contributed by atoms with Crippen LogP contribution in [-0.4, -0.2) is 24.0 Å². The first kappa shape index (κ1) is 8.36. The van der Waals surface area contributed by atoms with Gasteiger partial charge in [-0.2, -0.15) is 0 Å². The summed E-state index contributed by atoms with van der Waals surface area (Å²) in [6.07, 6.45) is 1.56. The Labute approximate surface area is 69.0 Å². The summed E-state index contributed by atoms with van der Waals surface area (Å²) in [5.74, 6) is 0.00866. The average Bonchev–Trinajstić information content (AvgIpc) is 2.52. The van der Waals surface area contributed by atoms with Gasteiger partial charge in [-0.15, -0.1) is 11.3 Å². The van der Waals surface area contributed by atoms with E-state index in [1.807, 2.05) is 6.92 Å². The van der Waals surface area contributed by atoms with Crippen LogP contribution in [0.5, 0.6) is 0 Å². The predicted octanol–water partition coefficient (Wildman–Crippen LogP) is 1.36. The molecular formula is C7H9NO2S. The van der Waals surface area contributed by atoms with Crippen LogP contribution in [0.1, 0.15) is 16.6 Å². The molecule has 0 fully saturated rings. The Morgan fingerprint density at radius 1 is 1.82 bits per heavy atom. The summed E-state index contributed by atoms with van der Waals surface area (Å²) in [6, 6.07) is 0. The molecule has 1 rings (SSSR count). The Kier molecular flexibility index (Phi) is 3.19. The summed E-state index contributed by atoms with van der Waals surface area (Å²) in [5.41, 5.74) is 1.64. The maximum atomic E-state index is 11.1. The first-order valence-corrected chi connectivity index (χ1v) is 4.22. The van der Waals surface area contributed by atoms with Crippen LogP contribution in [0.15, 0.2) is 11.7 Å². The highest BCUT2D eigenvalue weighted by Gasteiger charge is 2.05. The number of rotatable bonds is 4. The van der Waals surface area contributed by atoms with Crippen molar-refractivity contribution in [3.8, 4) is 0 Å². The van der Waals surface area contributed by atoms with Gasteiger partial charge in [-0.25, -0.2) is 0 Å². The molecule has 60 valence electrons. The maximum Gasteiger partial charge on any atom is 0.199 e. The zero-order valence-corrected chi connectivity index (χ0v) is 7.06. The molecule has 1 aromatic rings. The Hall–Kier alpha value is -0.740. The van der Waals surface area contributed by atoms with Crippen molar-refractivity contribution >= 4 is 17.1 Å². The number of ether oxygens (including phenoxy) is 1. The molecule has 0 saturated carbocycles. The molecule has 0 amide bonds. The van der Waals surface area contributed by atoms with E-state index < -0.39 is 0 Å². The van der Waals surface area contributed by atoms with Crippen molar-refractivity contribution < 1.29 is 9.53 Å². The molecule has 0 aliphatic heterocycles. The molecule has 0 spiro atoms. The molecule has 0 N–H and O–H groups in total. The van der Waals surface area contributed by atoms with Gasteiger partial charge in [0.25, 0.3) is 0 Å². The molecule has 0 aliphatic rings. The molecule has 11 heavy (non-hydrogen) atoms. The smallest absolute Gasteiger partial charge is 0.199 e. The quantitative estimate of drug-likeness (QED) is 0.642. The molecule has 0 bridgehead atoms. The van der Waals surface area contributed by atoms with Gasteiger partial charge in [-0.05, 0) is 6.92 Å². The molecule has 1 aromatic heterocycles. The third kappa shape index (κ3) is 2.40. The van der Waals surface area contributed by atoms with E-state index in [1.165, 1.54) is 11.3 Å². The average molecular weight is 171 g/mol. The number of thiazole rings is 1. The van der Waals surface area contributed by atoms with E-state index >= 15 is 0 Å². The number of carbonyl (C=O) groups excluding carboxylic acids is 1. The SMILES string of the molecule is CCOCC(=O)c1cncs1. The van der Waals surface area contributed by atoms with Crippen LogP contribution in [0.3, 0.4) is 0 Å². The van der Waals surface area contributed by atoms with Gasteiger partial charge in [0, 0.05) is 12.8 Å². The molecule has 0 radical (unpaired) electrons. The van der Waals surface area contributed by atoms with Crippen LogP contribution in [0.25, 0.3) is 0 Å². The summed E-state index contributed by atoms with van der Waals surface area (Å²) in [5, 5.41) is 0. The number of ketones is 1. The number of carbonyl (C=O) groups is 1. The highest BCUT2D eigenvalue weighted by molar-refractivity contribution is 7.11. The van der Waals surface area contributed by atoms with E-state index in [2.05, 4.69) is 4.98 Å². The van der Waals surface area contributed by atoms with Gasteiger partial charge in [0.2, 0.25) is 0 Å². The molecule has 0 aliphatic carbocycles. The second-order valence-electron chi connectivity index (χ2n) is 1.93. The first-order chi connectivity index (χ1) is 5.34. The fraction of sp³-hybridized carbons (Fsp3) is 0.429. The molecule has 0 atom stereocenters. The van der Waals surface area contributed by atoms with Crippen LogP contribution < -0.4 is 0 Å². The van der Waals surface area contributed by atoms with Crippen molar-refractivity contribution in [1.29, 1.82) is 0 Å². The molecule has 4 heteroatoms. The zero-order valence-electron chi connectivity index (χ0n) is 6.24. The lowest BCUT2D eigenvalue weighted by atomic mass is 10.4. The standard InChI is InChI=1S/C7H9NO2S/c1-2-10-4-6(9)7-3-8-5-11-7/h3,5H,2,4H2,1H3. The molecule has 0 unspecified atom stereocenters. The van der Waals surface area contributed by atoms with Crippen LogP contribution in [-0.2, 0) is 4.74 Å². The Morgan fingerprint density at radius 2 is 2.64 bits per heavy atom. The van der Waals surface area contributed by atoms with Crippen molar-refractivity contribution in [3.05, 3.63) is 16.6 Å². The Bertz CT molecular complexity index is 220. The third-order valence-corrected chi connectivity index (χ3v) is 1.96. The molecule has 3 nitrogen and oxygen atoms in total. The molecular weight excluding hydrogens is 162 g/mol. The maximum absolute atomic E-state index is 11.1. The lowest BCUT2D eigenvalue weighted by molar-refractivity contribution is 0.0787. The lowest BCUT2D eigenvalue weighted by Gasteiger charge is -1.95. The van der Waals surface area contributed by atoms with E-state index in [-0.39, 0.29) is 12.4 Å². The van der Waals surface area contributed by atoms with E-state index in [9.17, 15) is 4.79 Å². The molecule has 1 heterocycles. The van der Waals surface area contributed by atoms with Crippen molar-refractivity contribution in [2.75, 3.05) is 13.2 Å². The summed E-state index contributed by atoms with van der Waals surface area (Å²) >= 11 is 1.34. The number of hydrogen-bond acceptors (Lipinski definition) is 4. The van der Waals surface area contributed by atoms with Crippen molar-refractivity contribution in [1.82, 2.24) is 4.98 Å². The van der Waals surface area contributed by atoms with Gasteiger partial charge < -0.3 is 4.74 Å². The summed E-state index contributed by atoms with van der Waals surface area (Å²) in [4.78, 5) is 15.6. The van der Waals surface area contributed by atoms with Gasteiger partial charge in [0.1, 0.15) is 6.61 Å². The Morgan fingerprint density at radius 3 is 3.18 bits per heavy atom. The fourth-order valence-electron chi connectivity index (χ4n) is 0.619. The largest absolute Gasteiger partial charge is 0.374 e. The third-order valence-electron chi connectivity index (χ3n) is 1.14. The highest BCUT2D eigenvalue weighted by Crippen LogP contribution is 2.05. The highest BCUT2D eigenvalue weighted by atomic mass is 32.1. The predicted molar refractivity (Wildman–Crippen MR) is 42.9 cm³/mol. The second kappa shape index (κ2) is 4.20. The molecule has 0 saturated heterocycles. The summed E-state index contributed by atoms with van der Waals surface area (Å²) in [7, 11) is 0.